The number of anilines is 1. The van der Waals surface area contributed by atoms with Gasteiger partial charge in [-0.05, 0) is 24.8 Å². The molecule has 0 bridgehead atoms. The number of rotatable bonds is 3. The van der Waals surface area contributed by atoms with E-state index in [2.05, 4.69) is 10.3 Å². The van der Waals surface area contributed by atoms with Crippen LogP contribution in [0, 0.1) is 17.7 Å². The number of aromatic nitrogens is 1. The normalized spacial score (nSPS) is 23.4. The number of carbonyl (C=O) groups excluding carboxylic acids is 1. The number of nitrogens with zero attached hydrogens (tertiary/aromatic N) is 1. The predicted molar refractivity (Wildman–Crippen MR) is 70.1 cm³/mol. The van der Waals surface area contributed by atoms with Crippen molar-refractivity contribution in [2.24, 2.45) is 11.8 Å². The highest BCUT2D eigenvalue weighted by molar-refractivity contribution is 5.93. The van der Waals surface area contributed by atoms with E-state index < -0.39 is 5.82 Å². The molecule has 4 nitrogen and oxygen atoms in total. The van der Waals surface area contributed by atoms with Gasteiger partial charge in [0.15, 0.2) is 5.82 Å². The van der Waals surface area contributed by atoms with Crippen molar-refractivity contribution in [3.8, 4) is 0 Å². The first-order valence-corrected chi connectivity index (χ1v) is 6.61. The van der Waals surface area contributed by atoms with Gasteiger partial charge in [-0.15, -0.1) is 0 Å². The molecule has 19 heavy (non-hydrogen) atoms. The van der Waals surface area contributed by atoms with Gasteiger partial charge in [0.25, 0.3) is 0 Å². The lowest BCUT2D eigenvalue weighted by atomic mass is 9.87. The van der Waals surface area contributed by atoms with Crippen LogP contribution in [0.25, 0.3) is 0 Å². The van der Waals surface area contributed by atoms with Gasteiger partial charge >= 0.3 is 0 Å². The summed E-state index contributed by atoms with van der Waals surface area (Å²) in [6.45, 7) is 4.75. The Balaban J connectivity index is 2.08. The number of halogens is 1. The summed E-state index contributed by atoms with van der Waals surface area (Å²) in [5.74, 6) is -0.656. The second-order valence-electron chi connectivity index (χ2n) is 5.17. The Labute approximate surface area is 112 Å². The summed E-state index contributed by atoms with van der Waals surface area (Å²) in [4.78, 5) is 15.9. The molecule has 1 saturated heterocycles. The quantitative estimate of drug-likeness (QED) is 0.915. The van der Waals surface area contributed by atoms with Crippen molar-refractivity contribution in [2.75, 3.05) is 11.9 Å². The van der Waals surface area contributed by atoms with Crippen LogP contribution in [0.2, 0.25) is 0 Å². The van der Waals surface area contributed by atoms with Crippen molar-refractivity contribution < 1.29 is 13.9 Å². The van der Waals surface area contributed by atoms with E-state index in [1.807, 2.05) is 13.8 Å². The standard InChI is InChI=1S/C14H19FN2O2/c1-9(2)13-10(4-3-7-19-13)14(18)17-12-5-6-16-8-11(12)15/h5-6,8-10,13H,3-4,7H2,1-2H3,(H,16,17,18). The van der Waals surface area contributed by atoms with Crippen LogP contribution in [0.5, 0.6) is 0 Å². The number of hydrogen-bond donors (Lipinski definition) is 1. The summed E-state index contributed by atoms with van der Waals surface area (Å²) in [7, 11) is 0. The van der Waals surface area contributed by atoms with E-state index in [4.69, 9.17) is 4.74 Å². The number of amides is 1. The lowest BCUT2D eigenvalue weighted by Crippen LogP contribution is -2.41. The molecule has 2 atom stereocenters. The third-order valence-corrected chi connectivity index (χ3v) is 3.39. The van der Waals surface area contributed by atoms with E-state index in [-0.39, 0.29) is 29.5 Å². The van der Waals surface area contributed by atoms with Crippen molar-refractivity contribution in [2.45, 2.75) is 32.8 Å². The summed E-state index contributed by atoms with van der Waals surface area (Å²) < 4.78 is 19.1. The molecule has 1 aliphatic heterocycles. The number of pyridine rings is 1. The Morgan fingerprint density at radius 3 is 3.05 bits per heavy atom. The summed E-state index contributed by atoms with van der Waals surface area (Å²) >= 11 is 0. The highest BCUT2D eigenvalue weighted by Gasteiger charge is 2.34. The monoisotopic (exact) mass is 266 g/mol. The zero-order valence-electron chi connectivity index (χ0n) is 11.2. The number of carbonyl (C=O) groups is 1. The maximum atomic E-state index is 13.5. The van der Waals surface area contributed by atoms with Gasteiger partial charge in [0.1, 0.15) is 0 Å². The van der Waals surface area contributed by atoms with Crippen molar-refractivity contribution in [1.29, 1.82) is 0 Å². The molecule has 0 aromatic carbocycles. The van der Waals surface area contributed by atoms with Gasteiger partial charge in [-0.3, -0.25) is 9.78 Å². The number of hydrogen-bond acceptors (Lipinski definition) is 3. The molecule has 2 heterocycles. The molecule has 1 aromatic rings. The predicted octanol–water partition coefficient (Wildman–Crippen LogP) is 2.61. The van der Waals surface area contributed by atoms with E-state index in [0.29, 0.717) is 6.61 Å². The zero-order chi connectivity index (χ0) is 13.8. The Bertz CT molecular complexity index is 451. The zero-order valence-corrected chi connectivity index (χ0v) is 11.2. The van der Waals surface area contributed by atoms with E-state index >= 15 is 0 Å². The van der Waals surface area contributed by atoms with Crippen LogP contribution in [-0.4, -0.2) is 23.6 Å². The van der Waals surface area contributed by atoms with Crippen molar-refractivity contribution >= 4 is 11.6 Å². The molecule has 0 aliphatic carbocycles. The summed E-state index contributed by atoms with van der Waals surface area (Å²) in [6, 6.07) is 1.46. The van der Waals surface area contributed by atoms with Gasteiger partial charge in [0.2, 0.25) is 5.91 Å². The molecule has 1 amide bonds. The second kappa shape index (κ2) is 6.10. The van der Waals surface area contributed by atoms with Crippen LogP contribution in [0.4, 0.5) is 10.1 Å². The molecular weight excluding hydrogens is 247 g/mol. The van der Waals surface area contributed by atoms with Crippen LogP contribution >= 0.6 is 0 Å². The molecule has 2 rings (SSSR count). The lowest BCUT2D eigenvalue weighted by molar-refractivity contribution is -0.131. The van der Waals surface area contributed by atoms with Gasteiger partial charge in [-0.2, -0.15) is 0 Å². The van der Waals surface area contributed by atoms with Crippen molar-refractivity contribution in [3.63, 3.8) is 0 Å². The molecule has 5 heteroatoms. The van der Waals surface area contributed by atoms with Crippen LogP contribution < -0.4 is 5.32 Å². The average molecular weight is 266 g/mol. The topological polar surface area (TPSA) is 51.2 Å². The van der Waals surface area contributed by atoms with Crippen molar-refractivity contribution in [3.05, 3.63) is 24.3 Å². The minimum Gasteiger partial charge on any atom is -0.377 e. The van der Waals surface area contributed by atoms with Crippen LogP contribution in [0.3, 0.4) is 0 Å². The highest BCUT2D eigenvalue weighted by atomic mass is 19.1. The fourth-order valence-electron chi connectivity index (χ4n) is 2.44. The van der Waals surface area contributed by atoms with Gasteiger partial charge in [0.05, 0.1) is 23.9 Å². The Kier molecular flexibility index (Phi) is 4.47. The molecule has 2 unspecified atom stereocenters. The largest absolute Gasteiger partial charge is 0.377 e. The third-order valence-electron chi connectivity index (χ3n) is 3.39. The summed E-state index contributed by atoms with van der Waals surface area (Å²) in [5, 5.41) is 2.63. The molecule has 1 aliphatic rings. The summed E-state index contributed by atoms with van der Waals surface area (Å²) in [6.07, 6.45) is 4.09. The van der Waals surface area contributed by atoms with E-state index in [1.165, 1.54) is 12.3 Å². The first-order chi connectivity index (χ1) is 9.09. The Hall–Kier alpha value is -1.49. The van der Waals surface area contributed by atoms with Crippen LogP contribution in [0.1, 0.15) is 26.7 Å². The molecule has 0 spiro atoms. The van der Waals surface area contributed by atoms with Gasteiger partial charge in [-0.25, -0.2) is 4.39 Å². The van der Waals surface area contributed by atoms with E-state index in [0.717, 1.165) is 19.0 Å². The fourth-order valence-corrected chi connectivity index (χ4v) is 2.44. The second-order valence-corrected chi connectivity index (χ2v) is 5.17. The molecule has 1 fully saturated rings. The van der Waals surface area contributed by atoms with Crippen molar-refractivity contribution in [1.82, 2.24) is 4.98 Å². The SMILES string of the molecule is CC(C)C1OCCCC1C(=O)Nc1ccncc1F. The average Bonchev–Trinajstić information content (AvgIpc) is 2.41. The van der Waals surface area contributed by atoms with Gasteiger partial charge in [0, 0.05) is 12.8 Å². The molecule has 1 aromatic heterocycles. The van der Waals surface area contributed by atoms with E-state index in [9.17, 15) is 9.18 Å². The van der Waals surface area contributed by atoms with Gasteiger partial charge < -0.3 is 10.1 Å². The first kappa shape index (κ1) is 13.9. The Morgan fingerprint density at radius 2 is 2.37 bits per heavy atom. The minimum absolute atomic E-state index is 0.0985. The van der Waals surface area contributed by atoms with Crippen LogP contribution in [0.15, 0.2) is 18.5 Å². The minimum atomic E-state index is -0.520. The number of ether oxygens (including phenoxy) is 1. The fraction of sp³-hybridized carbons (Fsp3) is 0.571. The van der Waals surface area contributed by atoms with E-state index in [1.54, 1.807) is 0 Å². The van der Waals surface area contributed by atoms with Gasteiger partial charge in [-0.1, -0.05) is 13.8 Å². The maximum Gasteiger partial charge on any atom is 0.230 e. The smallest absolute Gasteiger partial charge is 0.230 e. The summed E-state index contributed by atoms with van der Waals surface area (Å²) in [5.41, 5.74) is 0.174. The van der Waals surface area contributed by atoms with Crippen LogP contribution in [-0.2, 0) is 9.53 Å². The molecule has 0 radical (unpaired) electrons. The third kappa shape index (κ3) is 3.29. The lowest BCUT2D eigenvalue weighted by Gasteiger charge is -2.33. The molecular formula is C14H19FN2O2. The Morgan fingerprint density at radius 1 is 1.58 bits per heavy atom. The first-order valence-electron chi connectivity index (χ1n) is 6.61. The molecule has 0 saturated carbocycles. The maximum absolute atomic E-state index is 13.5. The highest BCUT2D eigenvalue weighted by Crippen LogP contribution is 2.27. The number of nitrogens with one attached hydrogen (secondary N) is 1. The molecule has 1 N–H and O–H groups in total. The molecule has 104 valence electrons.